The molecule has 2 N–H and O–H groups in total. The fourth-order valence-electron chi connectivity index (χ4n) is 3.43. The number of benzene rings is 1. The summed E-state index contributed by atoms with van der Waals surface area (Å²) in [6.07, 6.45) is 0.0358. The average molecular weight is 387 g/mol. The van der Waals surface area contributed by atoms with Crippen LogP contribution in [0.2, 0.25) is 0 Å². The standard InChI is InChI=1S/C20H25N3O5/c1-11(21-19(27)28-20(2,3)4)12-5-6-14-13(9-12)10-23(18(14)26)15-7-8-16(24)22-17(15)25/h5-6,9,11,15H,7-8,10H2,1-4H3,(H,21,27)(H,22,24,25)/t11-,15?/m1/s1. The predicted octanol–water partition coefficient (Wildman–Crippen LogP) is 2.03. The molecule has 0 saturated carbocycles. The van der Waals surface area contributed by atoms with Gasteiger partial charge in [0, 0.05) is 18.5 Å². The van der Waals surface area contributed by atoms with Crippen molar-refractivity contribution >= 4 is 23.8 Å². The lowest BCUT2D eigenvalue weighted by molar-refractivity contribution is -0.136. The van der Waals surface area contributed by atoms with Crippen LogP contribution in [0.15, 0.2) is 18.2 Å². The van der Waals surface area contributed by atoms with Gasteiger partial charge >= 0.3 is 6.09 Å². The fourth-order valence-corrected chi connectivity index (χ4v) is 3.43. The molecule has 2 heterocycles. The Bertz CT molecular complexity index is 843. The molecule has 2 aliphatic rings. The van der Waals surface area contributed by atoms with Crippen molar-refractivity contribution in [3.05, 3.63) is 34.9 Å². The van der Waals surface area contributed by atoms with Gasteiger partial charge in [-0.15, -0.1) is 0 Å². The SMILES string of the molecule is C[C@@H](NC(=O)OC(C)(C)C)c1ccc2c(c1)CN(C1CCC(=O)NC1=O)C2=O. The predicted molar refractivity (Wildman–Crippen MR) is 100 cm³/mol. The lowest BCUT2D eigenvalue weighted by atomic mass is 10.0. The number of nitrogens with one attached hydrogen (secondary N) is 2. The third kappa shape index (κ3) is 4.16. The number of amides is 4. The van der Waals surface area contributed by atoms with E-state index in [1.165, 1.54) is 4.90 Å². The maximum Gasteiger partial charge on any atom is 0.408 e. The van der Waals surface area contributed by atoms with Gasteiger partial charge in [0.05, 0.1) is 6.04 Å². The molecule has 28 heavy (non-hydrogen) atoms. The van der Waals surface area contributed by atoms with Gasteiger partial charge in [-0.1, -0.05) is 12.1 Å². The third-order valence-electron chi connectivity index (χ3n) is 4.78. The number of imide groups is 1. The van der Waals surface area contributed by atoms with Gasteiger partial charge in [0.2, 0.25) is 11.8 Å². The summed E-state index contributed by atoms with van der Waals surface area (Å²) in [6.45, 7) is 7.51. The highest BCUT2D eigenvalue weighted by Crippen LogP contribution is 2.29. The number of carbonyl (C=O) groups excluding carboxylic acids is 4. The van der Waals surface area contributed by atoms with E-state index in [1.54, 1.807) is 32.9 Å². The Balaban J connectivity index is 1.72. The lowest BCUT2D eigenvalue weighted by Crippen LogP contribution is -2.52. The summed E-state index contributed by atoms with van der Waals surface area (Å²) in [5, 5.41) is 5.07. The molecule has 0 radical (unpaired) electrons. The maximum absolute atomic E-state index is 12.7. The van der Waals surface area contributed by atoms with Crippen molar-refractivity contribution in [3.8, 4) is 0 Å². The second-order valence-corrected chi connectivity index (χ2v) is 8.18. The minimum absolute atomic E-state index is 0.219. The van der Waals surface area contributed by atoms with Crippen LogP contribution in [0, 0.1) is 0 Å². The van der Waals surface area contributed by atoms with Crippen LogP contribution in [0.3, 0.4) is 0 Å². The highest BCUT2D eigenvalue weighted by atomic mass is 16.6. The average Bonchev–Trinajstić information content (AvgIpc) is 2.89. The van der Waals surface area contributed by atoms with E-state index in [-0.39, 0.29) is 24.3 Å². The Morgan fingerprint density at radius 1 is 1.29 bits per heavy atom. The van der Waals surface area contributed by atoms with E-state index in [9.17, 15) is 19.2 Å². The van der Waals surface area contributed by atoms with Crippen LogP contribution in [-0.4, -0.2) is 40.4 Å². The number of alkyl carbamates (subject to hydrolysis) is 1. The van der Waals surface area contributed by atoms with Crippen molar-refractivity contribution in [1.82, 2.24) is 15.5 Å². The Morgan fingerprint density at radius 2 is 2.00 bits per heavy atom. The second kappa shape index (κ2) is 7.26. The zero-order valence-corrected chi connectivity index (χ0v) is 16.5. The van der Waals surface area contributed by atoms with Crippen molar-refractivity contribution < 1.29 is 23.9 Å². The second-order valence-electron chi connectivity index (χ2n) is 8.18. The third-order valence-corrected chi connectivity index (χ3v) is 4.78. The minimum atomic E-state index is -0.640. The van der Waals surface area contributed by atoms with Crippen molar-refractivity contribution in [2.24, 2.45) is 0 Å². The van der Waals surface area contributed by atoms with E-state index in [0.29, 0.717) is 18.5 Å². The van der Waals surface area contributed by atoms with E-state index in [2.05, 4.69) is 10.6 Å². The van der Waals surface area contributed by atoms with Crippen molar-refractivity contribution in [2.75, 3.05) is 0 Å². The smallest absolute Gasteiger partial charge is 0.408 e. The number of hydrogen-bond acceptors (Lipinski definition) is 5. The molecule has 1 unspecified atom stereocenters. The van der Waals surface area contributed by atoms with Crippen LogP contribution in [0.1, 0.15) is 68.1 Å². The molecule has 8 heteroatoms. The summed E-state index contributed by atoms with van der Waals surface area (Å²) in [6, 6.07) is 4.42. The van der Waals surface area contributed by atoms with Crippen LogP contribution in [0.4, 0.5) is 4.79 Å². The molecule has 0 bridgehead atoms. The number of carbonyl (C=O) groups is 4. The maximum atomic E-state index is 12.7. The first kappa shape index (κ1) is 19.9. The summed E-state index contributed by atoms with van der Waals surface area (Å²) >= 11 is 0. The van der Waals surface area contributed by atoms with Crippen molar-refractivity contribution in [3.63, 3.8) is 0 Å². The van der Waals surface area contributed by atoms with E-state index < -0.39 is 23.6 Å². The van der Waals surface area contributed by atoms with Gasteiger partial charge in [0.1, 0.15) is 11.6 Å². The van der Waals surface area contributed by atoms with Crippen LogP contribution in [0.25, 0.3) is 0 Å². The Kier molecular flexibility index (Phi) is 5.14. The molecule has 150 valence electrons. The summed E-state index contributed by atoms with van der Waals surface area (Å²) in [4.78, 5) is 49.7. The van der Waals surface area contributed by atoms with Crippen molar-refractivity contribution in [1.29, 1.82) is 0 Å². The molecular formula is C20H25N3O5. The summed E-state index contributed by atoms with van der Waals surface area (Å²) in [5.41, 5.74) is 1.59. The minimum Gasteiger partial charge on any atom is -0.444 e. The number of piperidine rings is 1. The molecule has 1 aromatic rings. The molecule has 0 aliphatic carbocycles. The molecule has 1 fully saturated rings. The molecule has 2 aliphatic heterocycles. The molecule has 0 aromatic heterocycles. The van der Waals surface area contributed by atoms with E-state index in [4.69, 9.17) is 4.74 Å². The summed E-state index contributed by atoms with van der Waals surface area (Å²) < 4.78 is 5.27. The van der Waals surface area contributed by atoms with Gasteiger partial charge < -0.3 is 15.0 Å². The van der Waals surface area contributed by atoms with E-state index in [0.717, 1.165) is 11.1 Å². The lowest BCUT2D eigenvalue weighted by Gasteiger charge is -2.29. The van der Waals surface area contributed by atoms with Crippen LogP contribution in [-0.2, 0) is 20.9 Å². The first-order chi connectivity index (χ1) is 13.0. The molecule has 4 amide bonds. The van der Waals surface area contributed by atoms with Gasteiger partial charge in [0.15, 0.2) is 0 Å². The van der Waals surface area contributed by atoms with E-state index >= 15 is 0 Å². The zero-order chi connectivity index (χ0) is 20.6. The number of ether oxygens (including phenoxy) is 1. The number of rotatable bonds is 3. The van der Waals surface area contributed by atoms with Crippen LogP contribution < -0.4 is 10.6 Å². The first-order valence-corrected chi connectivity index (χ1v) is 9.32. The van der Waals surface area contributed by atoms with Gasteiger partial charge in [-0.3, -0.25) is 19.7 Å². The molecule has 1 saturated heterocycles. The monoisotopic (exact) mass is 387 g/mol. The van der Waals surface area contributed by atoms with Gasteiger partial charge in [-0.05, 0) is 51.3 Å². The largest absolute Gasteiger partial charge is 0.444 e. The highest BCUT2D eigenvalue weighted by molar-refractivity contribution is 6.05. The fraction of sp³-hybridized carbons (Fsp3) is 0.500. The zero-order valence-electron chi connectivity index (χ0n) is 16.5. The summed E-state index contributed by atoms with van der Waals surface area (Å²) in [7, 11) is 0. The molecule has 1 aromatic carbocycles. The molecule has 0 spiro atoms. The van der Waals surface area contributed by atoms with Gasteiger partial charge in [0.25, 0.3) is 5.91 Å². The van der Waals surface area contributed by atoms with Crippen LogP contribution in [0.5, 0.6) is 0 Å². The molecule has 3 rings (SSSR count). The van der Waals surface area contributed by atoms with Gasteiger partial charge in [-0.25, -0.2) is 4.79 Å². The normalized spacial score (nSPS) is 20.5. The number of hydrogen-bond donors (Lipinski definition) is 2. The topological polar surface area (TPSA) is 105 Å². The summed E-state index contributed by atoms with van der Waals surface area (Å²) in [5.74, 6) is -0.962. The molecule has 8 nitrogen and oxygen atoms in total. The quantitative estimate of drug-likeness (QED) is 0.772. The first-order valence-electron chi connectivity index (χ1n) is 9.32. The van der Waals surface area contributed by atoms with Gasteiger partial charge in [-0.2, -0.15) is 0 Å². The number of nitrogens with zero attached hydrogens (tertiary/aromatic N) is 1. The Labute approximate surface area is 163 Å². The Morgan fingerprint density at radius 3 is 2.64 bits per heavy atom. The highest BCUT2D eigenvalue weighted by Gasteiger charge is 2.39. The van der Waals surface area contributed by atoms with Crippen LogP contribution >= 0.6 is 0 Å². The molecular weight excluding hydrogens is 362 g/mol. The number of fused-ring (bicyclic) bond motifs is 1. The van der Waals surface area contributed by atoms with Crippen molar-refractivity contribution in [2.45, 2.75) is 64.8 Å². The Hall–Kier alpha value is -2.90. The molecule has 2 atom stereocenters. The van der Waals surface area contributed by atoms with E-state index in [1.807, 2.05) is 13.0 Å².